The molecule has 1 aliphatic heterocycles. The van der Waals surface area contributed by atoms with Gasteiger partial charge in [-0.1, -0.05) is 49.6 Å². The predicted octanol–water partition coefficient (Wildman–Crippen LogP) is 6.29. The van der Waals surface area contributed by atoms with Crippen molar-refractivity contribution < 1.29 is 13.9 Å². The number of carbonyl (C=O) groups excluding carboxylic acids is 1. The van der Waals surface area contributed by atoms with Gasteiger partial charge in [-0.25, -0.2) is 0 Å². The third-order valence-corrected chi connectivity index (χ3v) is 7.94. The Labute approximate surface area is 215 Å². The molecule has 0 N–H and O–H groups in total. The van der Waals surface area contributed by atoms with Gasteiger partial charge in [-0.05, 0) is 67.6 Å². The van der Waals surface area contributed by atoms with E-state index in [2.05, 4.69) is 34.1 Å². The molecule has 2 atom stereocenters. The first-order valence-corrected chi connectivity index (χ1v) is 13.4. The highest BCUT2D eigenvalue weighted by molar-refractivity contribution is 5.94. The van der Waals surface area contributed by atoms with E-state index in [1.807, 2.05) is 49.4 Å². The summed E-state index contributed by atoms with van der Waals surface area (Å²) in [6, 6.07) is 22.7. The van der Waals surface area contributed by atoms with Gasteiger partial charge in [0.2, 0.25) is 0 Å². The fourth-order valence-corrected chi connectivity index (χ4v) is 6.10. The smallest absolute Gasteiger partial charge is 0.254 e. The van der Waals surface area contributed by atoms with Crippen LogP contribution in [-0.4, -0.2) is 48.5 Å². The van der Waals surface area contributed by atoms with Crippen LogP contribution < -0.4 is 4.74 Å². The fraction of sp³-hybridized carbons (Fsp3) is 0.452. The quantitative estimate of drug-likeness (QED) is 0.376. The number of nitrogens with zero attached hydrogens (tertiary/aromatic N) is 2. The molecular weight excluding hydrogens is 448 g/mol. The average molecular weight is 487 g/mol. The summed E-state index contributed by atoms with van der Waals surface area (Å²) in [5.74, 6) is 3.67. The van der Waals surface area contributed by atoms with Gasteiger partial charge in [-0.15, -0.1) is 0 Å². The number of ether oxygens (including phenoxy) is 1. The van der Waals surface area contributed by atoms with Crippen LogP contribution in [0.2, 0.25) is 0 Å². The van der Waals surface area contributed by atoms with Gasteiger partial charge >= 0.3 is 0 Å². The maximum Gasteiger partial charge on any atom is 0.254 e. The Morgan fingerprint density at radius 2 is 1.81 bits per heavy atom. The van der Waals surface area contributed by atoms with Crippen LogP contribution in [0.25, 0.3) is 0 Å². The molecule has 5 rings (SSSR count). The molecule has 1 aliphatic carbocycles. The topological polar surface area (TPSA) is 45.9 Å². The molecule has 0 bridgehead atoms. The van der Waals surface area contributed by atoms with Gasteiger partial charge in [0.25, 0.3) is 5.91 Å². The molecule has 5 heteroatoms. The van der Waals surface area contributed by atoms with Crippen molar-refractivity contribution in [1.29, 1.82) is 0 Å². The van der Waals surface area contributed by atoms with Crippen LogP contribution in [0.4, 0.5) is 0 Å². The number of rotatable bonds is 8. The Morgan fingerprint density at radius 1 is 1.00 bits per heavy atom. The number of likely N-dealkylation sites (tertiary alicyclic amines) is 1. The van der Waals surface area contributed by atoms with Crippen molar-refractivity contribution in [3.8, 4) is 5.75 Å². The standard InChI is InChI=1S/C31H38N2O3/c1-23-16-17-29(36-23)21-32-19-26(30(22-32)25-12-9-15-28(18-25)35-2)20-33(27-13-7-4-8-14-27)31(34)24-10-5-3-6-11-24/h3,5-6,9-12,15-18,26-27,30H,4,7-8,13-14,19-22H2,1-2H3. The summed E-state index contributed by atoms with van der Waals surface area (Å²) in [6.45, 7) is 5.43. The molecule has 1 amide bonds. The molecule has 2 unspecified atom stereocenters. The molecule has 3 aromatic rings. The van der Waals surface area contributed by atoms with E-state index in [-0.39, 0.29) is 5.91 Å². The van der Waals surface area contributed by atoms with E-state index >= 15 is 0 Å². The lowest BCUT2D eigenvalue weighted by atomic mass is 9.86. The van der Waals surface area contributed by atoms with E-state index < -0.39 is 0 Å². The maximum atomic E-state index is 13.8. The van der Waals surface area contributed by atoms with Crippen molar-refractivity contribution in [2.45, 2.75) is 57.5 Å². The third kappa shape index (κ3) is 5.67. The number of carbonyl (C=O) groups is 1. The zero-order chi connectivity index (χ0) is 24.9. The maximum absolute atomic E-state index is 13.8. The molecule has 1 aromatic heterocycles. The van der Waals surface area contributed by atoms with Crippen LogP contribution in [-0.2, 0) is 6.54 Å². The summed E-state index contributed by atoms with van der Waals surface area (Å²) in [5.41, 5.74) is 2.08. The van der Waals surface area contributed by atoms with Crippen LogP contribution in [0.5, 0.6) is 5.75 Å². The minimum atomic E-state index is 0.173. The van der Waals surface area contributed by atoms with Crippen molar-refractivity contribution in [2.24, 2.45) is 5.92 Å². The Hall–Kier alpha value is -3.05. The minimum Gasteiger partial charge on any atom is -0.497 e. The van der Waals surface area contributed by atoms with E-state index in [1.54, 1.807) is 7.11 Å². The zero-order valence-electron chi connectivity index (χ0n) is 21.6. The molecule has 0 spiro atoms. The monoisotopic (exact) mass is 486 g/mol. The number of furan rings is 1. The van der Waals surface area contributed by atoms with E-state index in [1.165, 1.54) is 24.8 Å². The van der Waals surface area contributed by atoms with Gasteiger partial charge in [0.15, 0.2) is 0 Å². The minimum absolute atomic E-state index is 0.173. The van der Waals surface area contributed by atoms with Gasteiger partial charge < -0.3 is 14.1 Å². The number of amides is 1. The highest BCUT2D eigenvalue weighted by atomic mass is 16.5. The van der Waals surface area contributed by atoms with Crippen molar-refractivity contribution >= 4 is 5.91 Å². The molecule has 2 heterocycles. The molecule has 1 saturated carbocycles. The first kappa shape index (κ1) is 24.6. The van der Waals surface area contributed by atoms with Gasteiger partial charge in [0, 0.05) is 37.2 Å². The molecule has 2 fully saturated rings. The second kappa shape index (κ2) is 11.3. The van der Waals surface area contributed by atoms with Gasteiger partial charge in [-0.3, -0.25) is 9.69 Å². The van der Waals surface area contributed by atoms with Crippen LogP contribution >= 0.6 is 0 Å². The summed E-state index contributed by atoms with van der Waals surface area (Å²) in [7, 11) is 1.72. The summed E-state index contributed by atoms with van der Waals surface area (Å²) < 4.78 is 11.5. The van der Waals surface area contributed by atoms with Gasteiger partial charge in [0.05, 0.1) is 13.7 Å². The molecule has 1 saturated heterocycles. The number of hydrogen-bond donors (Lipinski definition) is 0. The average Bonchev–Trinajstić information content (AvgIpc) is 3.53. The van der Waals surface area contributed by atoms with E-state index in [4.69, 9.17) is 9.15 Å². The highest BCUT2D eigenvalue weighted by Gasteiger charge is 2.38. The van der Waals surface area contributed by atoms with E-state index in [9.17, 15) is 4.79 Å². The predicted molar refractivity (Wildman–Crippen MR) is 142 cm³/mol. The number of benzene rings is 2. The van der Waals surface area contributed by atoms with Crippen LogP contribution in [0, 0.1) is 12.8 Å². The zero-order valence-corrected chi connectivity index (χ0v) is 21.6. The van der Waals surface area contributed by atoms with E-state index in [0.29, 0.717) is 17.9 Å². The molecular formula is C31H38N2O3. The molecule has 2 aromatic carbocycles. The van der Waals surface area contributed by atoms with E-state index in [0.717, 1.165) is 61.9 Å². The van der Waals surface area contributed by atoms with Crippen molar-refractivity contribution in [1.82, 2.24) is 9.80 Å². The number of hydrogen-bond acceptors (Lipinski definition) is 4. The summed E-state index contributed by atoms with van der Waals surface area (Å²) in [6.07, 6.45) is 5.89. The van der Waals surface area contributed by atoms with Crippen molar-refractivity contribution in [2.75, 3.05) is 26.7 Å². The van der Waals surface area contributed by atoms with Crippen LogP contribution in [0.15, 0.2) is 71.1 Å². The normalized spacial score (nSPS) is 20.9. The number of aryl methyl sites for hydroxylation is 1. The van der Waals surface area contributed by atoms with Crippen molar-refractivity contribution in [3.05, 3.63) is 89.4 Å². The van der Waals surface area contributed by atoms with Crippen molar-refractivity contribution in [3.63, 3.8) is 0 Å². The first-order chi connectivity index (χ1) is 17.6. The summed E-state index contributed by atoms with van der Waals surface area (Å²) in [4.78, 5) is 18.5. The van der Waals surface area contributed by atoms with Gasteiger partial charge in [0.1, 0.15) is 17.3 Å². The second-order valence-electron chi connectivity index (χ2n) is 10.5. The fourth-order valence-electron chi connectivity index (χ4n) is 6.10. The van der Waals surface area contributed by atoms with Crippen LogP contribution in [0.3, 0.4) is 0 Å². The summed E-state index contributed by atoms with van der Waals surface area (Å²) in [5, 5.41) is 0. The van der Waals surface area contributed by atoms with Crippen LogP contribution in [0.1, 0.15) is 65.5 Å². The second-order valence-corrected chi connectivity index (χ2v) is 10.5. The Kier molecular flexibility index (Phi) is 7.76. The Balaban J connectivity index is 1.42. The Morgan fingerprint density at radius 3 is 2.53 bits per heavy atom. The lowest BCUT2D eigenvalue weighted by Crippen LogP contribution is -2.45. The molecule has 0 radical (unpaired) electrons. The highest BCUT2D eigenvalue weighted by Crippen LogP contribution is 2.37. The number of methoxy groups -OCH3 is 1. The molecule has 36 heavy (non-hydrogen) atoms. The lowest BCUT2D eigenvalue weighted by molar-refractivity contribution is 0.0587. The first-order valence-electron chi connectivity index (χ1n) is 13.4. The largest absolute Gasteiger partial charge is 0.497 e. The molecule has 5 nitrogen and oxygen atoms in total. The summed E-state index contributed by atoms with van der Waals surface area (Å²) >= 11 is 0. The molecule has 190 valence electrons. The third-order valence-electron chi connectivity index (χ3n) is 7.94. The molecule has 2 aliphatic rings. The Bertz CT molecular complexity index is 1140. The SMILES string of the molecule is COc1cccc(C2CN(Cc3ccc(C)o3)CC2CN(C(=O)c2ccccc2)C2CCCCC2)c1. The van der Waals surface area contributed by atoms with Gasteiger partial charge in [-0.2, -0.15) is 0 Å². The lowest BCUT2D eigenvalue weighted by Gasteiger charge is -2.37.